The van der Waals surface area contributed by atoms with E-state index in [1.807, 2.05) is 61.9 Å². The van der Waals surface area contributed by atoms with E-state index in [2.05, 4.69) is 5.10 Å². The summed E-state index contributed by atoms with van der Waals surface area (Å²) in [5, 5.41) is 4.17. The highest BCUT2D eigenvalue weighted by molar-refractivity contribution is 5.38. The van der Waals surface area contributed by atoms with Crippen molar-refractivity contribution in [3.63, 3.8) is 0 Å². The number of nitrogen functional groups attached to an aromatic ring is 1. The van der Waals surface area contributed by atoms with Crippen molar-refractivity contribution in [3.05, 3.63) is 42.1 Å². The van der Waals surface area contributed by atoms with Gasteiger partial charge in [-0.05, 0) is 19.1 Å². The van der Waals surface area contributed by atoms with Crippen LogP contribution in [0.2, 0.25) is 0 Å². The number of nitrogens with zero attached hydrogens (tertiary/aromatic N) is 2. The summed E-state index contributed by atoms with van der Waals surface area (Å²) in [7, 11) is 0. The lowest BCUT2D eigenvalue weighted by Gasteiger charge is -2.02. The number of hydrogen-bond acceptors (Lipinski definition) is 2. The van der Waals surface area contributed by atoms with Crippen LogP contribution in [0.15, 0.2) is 36.4 Å². The summed E-state index contributed by atoms with van der Waals surface area (Å²) < 4.78 is 1.83. The number of benzene rings is 1. The number of rotatable bonds is 1. The van der Waals surface area contributed by atoms with Gasteiger partial charge in [0.05, 0.1) is 5.69 Å². The third-order valence-electron chi connectivity index (χ3n) is 1.91. The molecular formula is C12H17N3. The number of nitrogens with two attached hydrogens (primary N) is 1. The molecule has 0 aliphatic rings. The Balaban J connectivity index is 0.000000531. The van der Waals surface area contributed by atoms with Crippen molar-refractivity contribution in [2.24, 2.45) is 0 Å². The number of aryl methyl sites for hydroxylation is 1. The van der Waals surface area contributed by atoms with E-state index in [1.165, 1.54) is 0 Å². The molecule has 80 valence electrons. The molecule has 0 saturated carbocycles. The maximum Gasteiger partial charge on any atom is 0.146 e. The zero-order chi connectivity index (χ0) is 11.3. The van der Waals surface area contributed by atoms with Crippen molar-refractivity contribution in [1.29, 1.82) is 0 Å². The summed E-state index contributed by atoms with van der Waals surface area (Å²) in [6.07, 6.45) is 0. The van der Waals surface area contributed by atoms with E-state index in [9.17, 15) is 0 Å². The van der Waals surface area contributed by atoms with Gasteiger partial charge in [0.1, 0.15) is 5.82 Å². The monoisotopic (exact) mass is 203 g/mol. The molecule has 0 bridgehead atoms. The molecule has 0 atom stereocenters. The highest BCUT2D eigenvalue weighted by Gasteiger charge is 2.01. The lowest BCUT2D eigenvalue weighted by Crippen LogP contribution is -1.98. The maximum absolute atomic E-state index is 5.58. The van der Waals surface area contributed by atoms with Gasteiger partial charge in [-0.1, -0.05) is 32.0 Å². The van der Waals surface area contributed by atoms with Crippen LogP contribution in [-0.4, -0.2) is 9.78 Å². The van der Waals surface area contributed by atoms with E-state index in [0.29, 0.717) is 5.82 Å². The number of aromatic nitrogens is 2. The normalized spacial score (nSPS) is 9.27. The Morgan fingerprint density at radius 2 is 1.73 bits per heavy atom. The molecule has 3 heteroatoms. The van der Waals surface area contributed by atoms with Gasteiger partial charge in [-0.3, -0.25) is 0 Å². The predicted molar refractivity (Wildman–Crippen MR) is 64.1 cm³/mol. The van der Waals surface area contributed by atoms with Gasteiger partial charge in [0, 0.05) is 11.8 Å². The van der Waals surface area contributed by atoms with Crippen LogP contribution in [0.3, 0.4) is 0 Å². The minimum absolute atomic E-state index is 0.557. The zero-order valence-corrected chi connectivity index (χ0v) is 9.44. The molecule has 0 amide bonds. The standard InChI is InChI=1S/C10H11N3.C2H6/c1-8-7-10(11)12-13(8)9-5-3-2-4-6-9;1-2/h2-7H,1H3,(H2,11,12);1-2H3. The summed E-state index contributed by atoms with van der Waals surface area (Å²) in [5.74, 6) is 0.557. The molecule has 1 heterocycles. The third kappa shape index (κ3) is 2.59. The first-order valence-corrected chi connectivity index (χ1v) is 5.15. The number of anilines is 1. The average Bonchev–Trinajstić information content (AvgIpc) is 2.62. The topological polar surface area (TPSA) is 43.8 Å². The van der Waals surface area contributed by atoms with E-state index in [4.69, 9.17) is 5.73 Å². The minimum atomic E-state index is 0.557. The van der Waals surface area contributed by atoms with E-state index in [-0.39, 0.29) is 0 Å². The highest BCUT2D eigenvalue weighted by atomic mass is 15.3. The first-order chi connectivity index (χ1) is 7.27. The Bertz CT molecular complexity index is 404. The molecule has 1 aromatic heterocycles. The first-order valence-electron chi connectivity index (χ1n) is 5.15. The second-order valence-corrected chi connectivity index (χ2v) is 2.96. The Morgan fingerprint density at radius 1 is 1.13 bits per heavy atom. The molecule has 0 radical (unpaired) electrons. The Morgan fingerprint density at radius 3 is 2.20 bits per heavy atom. The van der Waals surface area contributed by atoms with Crippen LogP contribution in [0.25, 0.3) is 5.69 Å². The number of hydrogen-bond donors (Lipinski definition) is 1. The second kappa shape index (κ2) is 5.20. The third-order valence-corrected chi connectivity index (χ3v) is 1.91. The van der Waals surface area contributed by atoms with Crippen LogP contribution in [0.5, 0.6) is 0 Å². The molecule has 2 N–H and O–H groups in total. The van der Waals surface area contributed by atoms with Crippen molar-refractivity contribution in [1.82, 2.24) is 9.78 Å². The quantitative estimate of drug-likeness (QED) is 0.774. The van der Waals surface area contributed by atoms with Crippen molar-refractivity contribution in [3.8, 4) is 5.69 Å². The van der Waals surface area contributed by atoms with E-state index in [0.717, 1.165) is 11.4 Å². The van der Waals surface area contributed by atoms with Crippen LogP contribution in [0.4, 0.5) is 5.82 Å². The number of para-hydroxylation sites is 1. The van der Waals surface area contributed by atoms with Gasteiger partial charge < -0.3 is 5.73 Å². The summed E-state index contributed by atoms with van der Waals surface area (Å²) in [4.78, 5) is 0. The molecule has 0 spiro atoms. The van der Waals surface area contributed by atoms with Gasteiger partial charge in [0.15, 0.2) is 0 Å². The molecule has 15 heavy (non-hydrogen) atoms. The molecule has 1 aromatic carbocycles. The predicted octanol–water partition coefficient (Wildman–Crippen LogP) is 2.79. The molecular weight excluding hydrogens is 186 g/mol. The highest BCUT2D eigenvalue weighted by Crippen LogP contribution is 2.11. The molecule has 0 aliphatic carbocycles. The summed E-state index contributed by atoms with van der Waals surface area (Å²) >= 11 is 0. The first kappa shape index (κ1) is 11.3. The van der Waals surface area contributed by atoms with Gasteiger partial charge in [-0.15, -0.1) is 0 Å². The summed E-state index contributed by atoms with van der Waals surface area (Å²) in [6, 6.07) is 11.8. The molecule has 2 aromatic rings. The molecule has 0 saturated heterocycles. The molecule has 3 nitrogen and oxygen atoms in total. The molecule has 0 fully saturated rings. The van der Waals surface area contributed by atoms with Crippen LogP contribution in [0.1, 0.15) is 19.5 Å². The van der Waals surface area contributed by atoms with E-state index < -0.39 is 0 Å². The molecule has 2 rings (SSSR count). The fraction of sp³-hybridized carbons (Fsp3) is 0.250. The van der Waals surface area contributed by atoms with E-state index in [1.54, 1.807) is 0 Å². The maximum atomic E-state index is 5.58. The van der Waals surface area contributed by atoms with Crippen LogP contribution in [-0.2, 0) is 0 Å². The molecule has 0 aliphatic heterocycles. The zero-order valence-electron chi connectivity index (χ0n) is 9.44. The minimum Gasteiger partial charge on any atom is -0.382 e. The smallest absolute Gasteiger partial charge is 0.146 e. The van der Waals surface area contributed by atoms with E-state index >= 15 is 0 Å². The van der Waals surface area contributed by atoms with Crippen molar-refractivity contribution < 1.29 is 0 Å². The van der Waals surface area contributed by atoms with Crippen molar-refractivity contribution >= 4 is 5.82 Å². The van der Waals surface area contributed by atoms with Crippen molar-refractivity contribution in [2.45, 2.75) is 20.8 Å². The lowest BCUT2D eigenvalue weighted by molar-refractivity contribution is 0.851. The van der Waals surface area contributed by atoms with Gasteiger partial charge in [-0.25, -0.2) is 4.68 Å². The Labute approximate surface area is 90.5 Å². The fourth-order valence-corrected chi connectivity index (χ4v) is 1.33. The summed E-state index contributed by atoms with van der Waals surface area (Å²) in [6.45, 7) is 5.98. The van der Waals surface area contributed by atoms with Gasteiger partial charge in [0.25, 0.3) is 0 Å². The fourth-order valence-electron chi connectivity index (χ4n) is 1.33. The summed E-state index contributed by atoms with van der Waals surface area (Å²) in [5.41, 5.74) is 7.67. The van der Waals surface area contributed by atoms with Gasteiger partial charge in [-0.2, -0.15) is 5.10 Å². The van der Waals surface area contributed by atoms with Crippen LogP contribution in [0, 0.1) is 6.92 Å². The van der Waals surface area contributed by atoms with Gasteiger partial charge >= 0.3 is 0 Å². The van der Waals surface area contributed by atoms with Crippen LogP contribution >= 0.6 is 0 Å². The molecule has 0 unspecified atom stereocenters. The van der Waals surface area contributed by atoms with Crippen LogP contribution < -0.4 is 5.73 Å². The Hall–Kier alpha value is -1.77. The largest absolute Gasteiger partial charge is 0.382 e. The van der Waals surface area contributed by atoms with Crippen molar-refractivity contribution in [2.75, 3.05) is 5.73 Å². The second-order valence-electron chi connectivity index (χ2n) is 2.96. The SMILES string of the molecule is CC.Cc1cc(N)nn1-c1ccccc1. The van der Waals surface area contributed by atoms with Gasteiger partial charge in [0.2, 0.25) is 0 Å². The lowest BCUT2D eigenvalue weighted by atomic mass is 10.3. The average molecular weight is 203 g/mol. The Kier molecular flexibility index (Phi) is 3.92.